The van der Waals surface area contributed by atoms with Gasteiger partial charge in [-0.1, -0.05) is 24.6 Å². The van der Waals surface area contributed by atoms with Gasteiger partial charge in [0.15, 0.2) is 5.58 Å². The molecule has 1 aromatic heterocycles. The van der Waals surface area contributed by atoms with Crippen LogP contribution in [0.4, 0.5) is 0 Å². The fourth-order valence-corrected chi connectivity index (χ4v) is 2.40. The zero-order chi connectivity index (χ0) is 12.5. The van der Waals surface area contributed by atoms with Crippen LogP contribution in [0.25, 0.3) is 16.7 Å². The summed E-state index contributed by atoms with van der Waals surface area (Å²) in [4.78, 5) is 6.90. The van der Waals surface area contributed by atoms with Crippen molar-refractivity contribution in [3.63, 3.8) is 0 Å². The van der Waals surface area contributed by atoms with Crippen LogP contribution in [0.2, 0.25) is 5.02 Å². The molecule has 0 N–H and O–H groups in total. The van der Waals surface area contributed by atoms with Crippen molar-refractivity contribution in [2.75, 3.05) is 19.6 Å². The number of aromatic nitrogens is 1. The number of nitrogens with zero attached hydrogens (tertiary/aromatic N) is 2. The molecule has 0 saturated heterocycles. The van der Waals surface area contributed by atoms with Crippen LogP contribution < -0.4 is 0 Å². The average molecular weight is 263 g/mol. The molecule has 1 aliphatic rings. The Morgan fingerprint density at radius 3 is 3.06 bits per heavy atom. The summed E-state index contributed by atoms with van der Waals surface area (Å²) in [6.45, 7) is 5.32. The Balaban J connectivity index is 1.93. The number of rotatable bonds is 2. The molecule has 0 aliphatic carbocycles. The van der Waals surface area contributed by atoms with E-state index >= 15 is 0 Å². The van der Waals surface area contributed by atoms with Crippen molar-refractivity contribution in [1.82, 2.24) is 9.88 Å². The minimum absolute atomic E-state index is 0.692. The molecule has 2 aromatic rings. The first-order valence-electron chi connectivity index (χ1n) is 6.24. The molecule has 0 radical (unpaired) electrons. The van der Waals surface area contributed by atoms with Crippen molar-refractivity contribution < 1.29 is 4.42 Å². The summed E-state index contributed by atoms with van der Waals surface area (Å²) in [5.41, 5.74) is 2.83. The molecule has 0 fully saturated rings. The van der Waals surface area contributed by atoms with E-state index in [2.05, 4.69) is 22.9 Å². The van der Waals surface area contributed by atoms with E-state index in [0.717, 1.165) is 43.0 Å². The van der Waals surface area contributed by atoms with Gasteiger partial charge in [-0.05, 0) is 31.2 Å². The standard InChI is InChI=1S/C14H15ClN2O/c1-2-17-7-5-10(6-8-17)14-16-12-9-11(15)3-4-13(12)18-14/h3-5,9H,2,6-8H2,1H3. The summed E-state index contributed by atoms with van der Waals surface area (Å²) >= 11 is 5.95. The number of benzene rings is 1. The minimum atomic E-state index is 0.692. The summed E-state index contributed by atoms with van der Waals surface area (Å²) in [5, 5.41) is 0.692. The SMILES string of the molecule is CCN1CC=C(c2nc3cc(Cl)ccc3o2)CC1. The Bertz CT molecular complexity index is 603. The van der Waals surface area contributed by atoms with Gasteiger partial charge >= 0.3 is 0 Å². The second-order valence-electron chi connectivity index (χ2n) is 4.50. The zero-order valence-corrected chi connectivity index (χ0v) is 11.1. The summed E-state index contributed by atoms with van der Waals surface area (Å²) in [6.07, 6.45) is 3.20. The molecule has 0 amide bonds. The number of hydrogen-bond donors (Lipinski definition) is 0. The third kappa shape index (κ3) is 2.16. The van der Waals surface area contributed by atoms with Crippen LogP contribution in [-0.4, -0.2) is 29.5 Å². The predicted octanol–water partition coefficient (Wildman–Crippen LogP) is 3.59. The highest BCUT2D eigenvalue weighted by Crippen LogP contribution is 2.26. The van der Waals surface area contributed by atoms with Crippen LogP contribution in [0.1, 0.15) is 19.2 Å². The van der Waals surface area contributed by atoms with E-state index < -0.39 is 0 Å². The van der Waals surface area contributed by atoms with Crippen molar-refractivity contribution in [2.24, 2.45) is 0 Å². The third-order valence-corrected chi connectivity index (χ3v) is 3.60. The first-order valence-corrected chi connectivity index (χ1v) is 6.62. The molecule has 0 bridgehead atoms. The van der Waals surface area contributed by atoms with Gasteiger partial charge in [0.1, 0.15) is 5.52 Å². The molecule has 1 aromatic carbocycles. The normalized spacial score (nSPS) is 17.1. The molecule has 0 atom stereocenters. The van der Waals surface area contributed by atoms with Crippen molar-refractivity contribution in [3.8, 4) is 0 Å². The van der Waals surface area contributed by atoms with Crippen LogP contribution in [0, 0.1) is 0 Å². The Morgan fingerprint density at radius 2 is 2.33 bits per heavy atom. The lowest BCUT2D eigenvalue weighted by molar-refractivity contribution is 0.317. The van der Waals surface area contributed by atoms with Gasteiger partial charge < -0.3 is 4.42 Å². The van der Waals surface area contributed by atoms with Crippen molar-refractivity contribution in [1.29, 1.82) is 0 Å². The number of hydrogen-bond acceptors (Lipinski definition) is 3. The lowest BCUT2D eigenvalue weighted by Gasteiger charge is -2.23. The second kappa shape index (κ2) is 4.75. The van der Waals surface area contributed by atoms with Gasteiger partial charge in [0.25, 0.3) is 0 Å². The molecule has 1 aliphatic heterocycles. The quantitative estimate of drug-likeness (QED) is 0.828. The van der Waals surface area contributed by atoms with E-state index in [1.54, 1.807) is 0 Å². The van der Waals surface area contributed by atoms with Gasteiger partial charge in [-0.15, -0.1) is 0 Å². The second-order valence-corrected chi connectivity index (χ2v) is 4.94. The molecule has 3 nitrogen and oxygen atoms in total. The van der Waals surface area contributed by atoms with Gasteiger partial charge in [0.2, 0.25) is 5.89 Å². The molecule has 3 rings (SSSR count). The molecule has 94 valence electrons. The van der Waals surface area contributed by atoms with Crippen LogP contribution in [-0.2, 0) is 0 Å². The Hall–Kier alpha value is -1.32. The Morgan fingerprint density at radius 1 is 1.44 bits per heavy atom. The van der Waals surface area contributed by atoms with Gasteiger partial charge in [-0.3, -0.25) is 4.90 Å². The minimum Gasteiger partial charge on any atom is -0.436 e. The number of fused-ring (bicyclic) bond motifs is 1. The highest BCUT2D eigenvalue weighted by molar-refractivity contribution is 6.31. The molecule has 4 heteroatoms. The van der Waals surface area contributed by atoms with Crippen LogP contribution in [0.3, 0.4) is 0 Å². The highest BCUT2D eigenvalue weighted by atomic mass is 35.5. The molecular weight excluding hydrogens is 248 g/mol. The molecule has 0 unspecified atom stereocenters. The van der Waals surface area contributed by atoms with E-state index in [9.17, 15) is 0 Å². The molecule has 18 heavy (non-hydrogen) atoms. The van der Waals surface area contributed by atoms with E-state index in [1.165, 1.54) is 5.57 Å². The lowest BCUT2D eigenvalue weighted by atomic mass is 10.1. The topological polar surface area (TPSA) is 29.3 Å². The fraction of sp³-hybridized carbons (Fsp3) is 0.357. The van der Waals surface area contributed by atoms with Crippen LogP contribution >= 0.6 is 11.6 Å². The van der Waals surface area contributed by atoms with Crippen molar-refractivity contribution in [3.05, 3.63) is 35.2 Å². The summed E-state index contributed by atoms with van der Waals surface area (Å²) in [6, 6.07) is 5.54. The van der Waals surface area contributed by atoms with Gasteiger partial charge in [-0.2, -0.15) is 0 Å². The van der Waals surface area contributed by atoms with Gasteiger partial charge in [0, 0.05) is 23.7 Å². The highest BCUT2D eigenvalue weighted by Gasteiger charge is 2.16. The van der Waals surface area contributed by atoms with Gasteiger partial charge in [-0.25, -0.2) is 4.98 Å². The largest absolute Gasteiger partial charge is 0.436 e. The van der Waals surface area contributed by atoms with E-state index in [1.807, 2.05) is 18.2 Å². The number of halogens is 1. The summed E-state index contributed by atoms with van der Waals surface area (Å²) < 4.78 is 5.77. The lowest BCUT2D eigenvalue weighted by Crippen LogP contribution is -2.28. The molecular formula is C14H15ClN2O. The zero-order valence-electron chi connectivity index (χ0n) is 10.3. The van der Waals surface area contributed by atoms with Gasteiger partial charge in [0.05, 0.1) is 0 Å². The van der Waals surface area contributed by atoms with E-state index in [0.29, 0.717) is 5.02 Å². The predicted molar refractivity (Wildman–Crippen MR) is 73.7 cm³/mol. The summed E-state index contributed by atoms with van der Waals surface area (Å²) in [7, 11) is 0. The number of likely N-dealkylation sites (N-methyl/N-ethyl adjacent to an activating group) is 1. The van der Waals surface area contributed by atoms with Crippen LogP contribution in [0.15, 0.2) is 28.7 Å². The maximum absolute atomic E-state index is 5.95. The molecule has 0 saturated carbocycles. The van der Waals surface area contributed by atoms with E-state index in [-0.39, 0.29) is 0 Å². The molecule has 2 heterocycles. The first-order chi connectivity index (χ1) is 8.76. The maximum atomic E-state index is 5.95. The summed E-state index contributed by atoms with van der Waals surface area (Å²) in [5.74, 6) is 0.739. The van der Waals surface area contributed by atoms with Crippen molar-refractivity contribution >= 4 is 28.3 Å². The first kappa shape index (κ1) is 11.8. The Kier molecular flexibility index (Phi) is 3.10. The van der Waals surface area contributed by atoms with Crippen LogP contribution in [0.5, 0.6) is 0 Å². The van der Waals surface area contributed by atoms with Crippen molar-refractivity contribution in [2.45, 2.75) is 13.3 Å². The smallest absolute Gasteiger partial charge is 0.222 e. The van der Waals surface area contributed by atoms with E-state index in [4.69, 9.17) is 16.0 Å². The average Bonchev–Trinajstić information content (AvgIpc) is 2.81. The number of oxazole rings is 1. The fourth-order valence-electron chi connectivity index (χ4n) is 2.23. The monoisotopic (exact) mass is 262 g/mol. The maximum Gasteiger partial charge on any atom is 0.222 e. The third-order valence-electron chi connectivity index (χ3n) is 3.36. The molecule has 0 spiro atoms. The Labute approximate surface area is 111 Å².